The van der Waals surface area contributed by atoms with Crippen molar-refractivity contribution in [3.05, 3.63) is 48.5 Å². The second-order valence-corrected chi connectivity index (χ2v) is 4.70. The second-order valence-electron chi connectivity index (χ2n) is 4.70. The van der Waals surface area contributed by atoms with E-state index in [0.29, 0.717) is 13.0 Å². The van der Waals surface area contributed by atoms with E-state index in [0.717, 1.165) is 12.2 Å². The fourth-order valence-corrected chi connectivity index (χ4v) is 1.96. The molecule has 5 nitrogen and oxygen atoms in total. The molecule has 0 aliphatic heterocycles. The van der Waals surface area contributed by atoms with Gasteiger partial charge in [-0.05, 0) is 24.7 Å². The first-order valence-corrected chi connectivity index (χ1v) is 6.51. The van der Waals surface area contributed by atoms with Crippen molar-refractivity contribution in [1.29, 1.82) is 0 Å². The zero-order valence-electron chi connectivity index (χ0n) is 11.8. The van der Waals surface area contributed by atoms with Crippen LogP contribution in [0.1, 0.15) is 12.0 Å². The molecule has 0 N–H and O–H groups in total. The zero-order chi connectivity index (χ0) is 14.4. The van der Waals surface area contributed by atoms with E-state index in [-0.39, 0.29) is 5.97 Å². The Kier molecular flexibility index (Phi) is 4.90. The van der Waals surface area contributed by atoms with Gasteiger partial charge in [0.15, 0.2) is 0 Å². The highest BCUT2D eigenvalue weighted by Gasteiger charge is 2.05. The molecule has 0 saturated heterocycles. The van der Waals surface area contributed by atoms with Crippen LogP contribution in [0.25, 0.3) is 5.69 Å². The van der Waals surface area contributed by atoms with Crippen molar-refractivity contribution < 1.29 is 9.53 Å². The lowest BCUT2D eigenvalue weighted by Crippen LogP contribution is -2.21. The van der Waals surface area contributed by atoms with Gasteiger partial charge in [0, 0.05) is 31.2 Å². The van der Waals surface area contributed by atoms with E-state index >= 15 is 0 Å². The van der Waals surface area contributed by atoms with Crippen molar-refractivity contribution in [2.45, 2.75) is 13.0 Å². The van der Waals surface area contributed by atoms with Gasteiger partial charge in [0.2, 0.25) is 0 Å². The molecule has 0 aliphatic rings. The van der Waals surface area contributed by atoms with Crippen LogP contribution in [-0.2, 0) is 16.1 Å². The van der Waals surface area contributed by atoms with Crippen molar-refractivity contribution in [2.75, 3.05) is 20.7 Å². The zero-order valence-corrected chi connectivity index (χ0v) is 11.8. The highest BCUT2D eigenvalue weighted by molar-refractivity contribution is 5.69. The van der Waals surface area contributed by atoms with Gasteiger partial charge in [0.1, 0.15) is 0 Å². The molecule has 20 heavy (non-hydrogen) atoms. The summed E-state index contributed by atoms with van der Waals surface area (Å²) in [5, 5.41) is 0. The number of ether oxygens (including phenoxy) is 1. The molecule has 0 spiro atoms. The quantitative estimate of drug-likeness (QED) is 0.754. The highest BCUT2D eigenvalue weighted by Crippen LogP contribution is 2.10. The molecule has 0 fully saturated rings. The predicted octanol–water partition coefficient (Wildman–Crippen LogP) is 1.87. The van der Waals surface area contributed by atoms with Crippen molar-refractivity contribution in [3.63, 3.8) is 0 Å². The van der Waals surface area contributed by atoms with Gasteiger partial charge in [-0.25, -0.2) is 4.98 Å². The molecule has 0 saturated carbocycles. The molecule has 0 atom stereocenters. The van der Waals surface area contributed by atoms with Crippen LogP contribution in [0.2, 0.25) is 0 Å². The van der Waals surface area contributed by atoms with Crippen LogP contribution in [0.3, 0.4) is 0 Å². The van der Waals surface area contributed by atoms with Crippen molar-refractivity contribution in [3.8, 4) is 5.69 Å². The summed E-state index contributed by atoms with van der Waals surface area (Å²) in [6.45, 7) is 1.50. The molecule has 5 heteroatoms. The van der Waals surface area contributed by atoms with Crippen LogP contribution in [-0.4, -0.2) is 41.1 Å². The number of hydrogen-bond acceptors (Lipinski definition) is 4. The van der Waals surface area contributed by atoms with Crippen molar-refractivity contribution in [1.82, 2.24) is 14.5 Å². The van der Waals surface area contributed by atoms with Gasteiger partial charge in [-0.3, -0.25) is 4.79 Å². The first-order valence-electron chi connectivity index (χ1n) is 6.51. The number of carbonyl (C=O) groups is 1. The number of rotatable bonds is 6. The Morgan fingerprint density at radius 3 is 2.70 bits per heavy atom. The Balaban J connectivity index is 1.89. The van der Waals surface area contributed by atoms with Gasteiger partial charge in [-0.15, -0.1) is 0 Å². The number of hydrogen-bond donors (Lipinski definition) is 0. The summed E-state index contributed by atoms with van der Waals surface area (Å²) in [4.78, 5) is 17.2. The number of nitrogens with zero attached hydrogens (tertiary/aromatic N) is 3. The van der Waals surface area contributed by atoms with Crippen molar-refractivity contribution in [2.24, 2.45) is 0 Å². The normalized spacial score (nSPS) is 10.8. The molecule has 1 aromatic heterocycles. The van der Waals surface area contributed by atoms with Crippen LogP contribution >= 0.6 is 0 Å². The topological polar surface area (TPSA) is 47.4 Å². The van der Waals surface area contributed by atoms with E-state index in [1.807, 2.05) is 17.8 Å². The van der Waals surface area contributed by atoms with Gasteiger partial charge in [-0.1, -0.05) is 12.1 Å². The van der Waals surface area contributed by atoms with Crippen LogP contribution < -0.4 is 0 Å². The average molecular weight is 273 g/mol. The Labute approximate surface area is 118 Å². The number of methoxy groups -OCH3 is 1. The van der Waals surface area contributed by atoms with Crippen LogP contribution in [0.15, 0.2) is 43.0 Å². The minimum absolute atomic E-state index is 0.174. The molecule has 1 heterocycles. The molecule has 1 aromatic carbocycles. The first-order chi connectivity index (χ1) is 9.69. The Bertz CT molecular complexity index is 535. The molecule has 2 aromatic rings. The summed E-state index contributed by atoms with van der Waals surface area (Å²) in [6, 6.07) is 8.30. The monoisotopic (exact) mass is 273 g/mol. The summed E-state index contributed by atoms with van der Waals surface area (Å²) >= 11 is 0. The molecule has 2 rings (SSSR count). The molecule has 106 valence electrons. The number of benzene rings is 1. The lowest BCUT2D eigenvalue weighted by Gasteiger charge is -2.16. The average Bonchev–Trinajstić information content (AvgIpc) is 2.99. The second kappa shape index (κ2) is 6.86. The number of imidazole rings is 1. The predicted molar refractivity (Wildman–Crippen MR) is 76.5 cm³/mol. The standard InChI is InChI=1S/C15H19N3O2/c1-17(9-7-15(19)20-2)11-13-3-5-14(6-4-13)18-10-8-16-12-18/h3-6,8,10,12H,7,9,11H2,1-2H3. The van der Waals surface area contributed by atoms with Gasteiger partial charge in [0.05, 0.1) is 19.9 Å². The lowest BCUT2D eigenvalue weighted by molar-refractivity contribution is -0.140. The van der Waals surface area contributed by atoms with E-state index in [1.54, 1.807) is 12.5 Å². The largest absolute Gasteiger partial charge is 0.469 e. The highest BCUT2D eigenvalue weighted by atomic mass is 16.5. The van der Waals surface area contributed by atoms with Crippen LogP contribution in [0.5, 0.6) is 0 Å². The first kappa shape index (κ1) is 14.3. The molecule has 0 aliphatic carbocycles. The van der Waals surface area contributed by atoms with Gasteiger partial charge < -0.3 is 14.2 Å². The third kappa shape index (κ3) is 3.93. The lowest BCUT2D eigenvalue weighted by atomic mass is 10.2. The maximum absolute atomic E-state index is 11.1. The smallest absolute Gasteiger partial charge is 0.306 e. The summed E-state index contributed by atoms with van der Waals surface area (Å²) in [5.74, 6) is -0.174. The van der Waals surface area contributed by atoms with Gasteiger partial charge in [-0.2, -0.15) is 0 Å². The number of aromatic nitrogens is 2. The Hall–Kier alpha value is -2.14. The number of esters is 1. The third-order valence-corrected chi connectivity index (χ3v) is 3.12. The molecule has 0 amide bonds. The molecule has 0 bridgehead atoms. The maximum Gasteiger partial charge on any atom is 0.306 e. The van der Waals surface area contributed by atoms with Crippen molar-refractivity contribution >= 4 is 5.97 Å². The maximum atomic E-state index is 11.1. The van der Waals surface area contributed by atoms with E-state index < -0.39 is 0 Å². The summed E-state index contributed by atoms with van der Waals surface area (Å²) < 4.78 is 6.60. The fourth-order valence-electron chi connectivity index (χ4n) is 1.96. The van der Waals surface area contributed by atoms with E-state index in [9.17, 15) is 4.79 Å². The van der Waals surface area contributed by atoms with Gasteiger partial charge in [0.25, 0.3) is 0 Å². The third-order valence-electron chi connectivity index (χ3n) is 3.12. The van der Waals surface area contributed by atoms with Crippen LogP contribution in [0.4, 0.5) is 0 Å². The Morgan fingerprint density at radius 2 is 2.10 bits per heavy atom. The summed E-state index contributed by atoms with van der Waals surface area (Å²) in [6.07, 6.45) is 5.86. The minimum atomic E-state index is -0.174. The summed E-state index contributed by atoms with van der Waals surface area (Å²) in [5.41, 5.74) is 2.30. The fraction of sp³-hybridized carbons (Fsp3) is 0.333. The van der Waals surface area contributed by atoms with Gasteiger partial charge >= 0.3 is 5.97 Å². The van der Waals surface area contributed by atoms with E-state index in [4.69, 9.17) is 0 Å². The molecular formula is C15H19N3O2. The minimum Gasteiger partial charge on any atom is -0.469 e. The molecule has 0 unspecified atom stereocenters. The van der Waals surface area contributed by atoms with Crippen LogP contribution in [0, 0.1) is 0 Å². The Morgan fingerprint density at radius 1 is 1.35 bits per heavy atom. The number of carbonyl (C=O) groups excluding carboxylic acids is 1. The molecular weight excluding hydrogens is 254 g/mol. The molecule has 0 radical (unpaired) electrons. The SMILES string of the molecule is COC(=O)CCN(C)Cc1ccc(-n2ccnc2)cc1. The summed E-state index contributed by atoms with van der Waals surface area (Å²) in [7, 11) is 3.41. The van der Waals surface area contributed by atoms with E-state index in [2.05, 4.69) is 38.9 Å². The van der Waals surface area contributed by atoms with E-state index in [1.165, 1.54) is 12.7 Å².